The van der Waals surface area contributed by atoms with Crippen molar-refractivity contribution in [1.82, 2.24) is 0 Å². The van der Waals surface area contributed by atoms with Crippen LogP contribution in [0.1, 0.15) is 271 Å². The number of hydrogen-bond acceptors (Lipinski definition) is 7. The van der Waals surface area contributed by atoms with Gasteiger partial charge in [-0.15, -0.1) is 0 Å². The third kappa shape index (κ3) is 80.5. The van der Waals surface area contributed by atoms with Gasteiger partial charge in [0, 0.05) is 12.8 Å². The summed E-state index contributed by atoms with van der Waals surface area (Å²) < 4.78 is 23.0. The summed E-state index contributed by atoms with van der Waals surface area (Å²) in [6.07, 6.45) is 123. The van der Waals surface area contributed by atoms with Crippen molar-refractivity contribution in [1.29, 1.82) is 0 Å². The SMILES string of the molecule is CC/C=C\C/C=C\C/C=C\C/C=C\C/C=C\C/C=C\C/C=C\C/C=C\C/C=C\C/C=C\C/C=C\CCCCCCCC(=O)OC(COC(=O)CCCCCCCCCCCCCC/C=C\C/C=C\C/C=C\C/C=C\C/C=C\C/C=C\C/C=C\C/C=C\CC)COC(OCC[N+](C)(C)C)C(=O)O. The van der Waals surface area contributed by atoms with E-state index in [0.29, 0.717) is 17.4 Å². The van der Waals surface area contributed by atoms with Crippen LogP contribution >= 0.6 is 0 Å². The van der Waals surface area contributed by atoms with E-state index in [1.165, 1.54) is 57.8 Å². The van der Waals surface area contributed by atoms with Crippen LogP contribution in [0.5, 0.6) is 0 Å². The molecule has 0 aliphatic rings. The zero-order chi connectivity index (χ0) is 73.2. The topological polar surface area (TPSA) is 108 Å². The Morgan fingerprint density at radius 1 is 0.297 bits per heavy atom. The van der Waals surface area contributed by atoms with Gasteiger partial charge in [-0.2, -0.15) is 0 Å². The Morgan fingerprint density at radius 2 is 0.535 bits per heavy atom. The van der Waals surface area contributed by atoms with E-state index < -0.39 is 24.3 Å². The molecule has 2 unspecified atom stereocenters. The number of hydrogen-bond donors (Lipinski definition) is 1. The van der Waals surface area contributed by atoms with Crippen molar-refractivity contribution in [2.75, 3.05) is 47.5 Å². The molecule has 9 nitrogen and oxygen atoms in total. The van der Waals surface area contributed by atoms with E-state index in [-0.39, 0.29) is 38.6 Å². The molecule has 0 aromatic heterocycles. The second kappa shape index (κ2) is 79.1. The Morgan fingerprint density at radius 3 is 0.792 bits per heavy atom. The van der Waals surface area contributed by atoms with Crippen molar-refractivity contribution in [3.63, 3.8) is 0 Å². The minimum absolute atomic E-state index is 0.171. The largest absolute Gasteiger partial charge is 0.477 e. The summed E-state index contributed by atoms with van der Waals surface area (Å²) in [4.78, 5) is 37.7. The fraction of sp³-hybridized carbons (Fsp3) is 0.554. The maximum Gasteiger partial charge on any atom is 0.361 e. The highest BCUT2D eigenvalue weighted by Gasteiger charge is 2.25. The van der Waals surface area contributed by atoms with Crippen LogP contribution in [-0.2, 0) is 33.3 Å². The van der Waals surface area contributed by atoms with Crippen LogP contribution in [0, 0.1) is 0 Å². The molecule has 0 saturated heterocycles. The molecule has 9 heteroatoms. The number of carbonyl (C=O) groups is 3. The molecule has 2 atom stereocenters. The number of nitrogens with zero attached hydrogens (tertiary/aromatic N) is 1. The fourth-order valence-electron chi connectivity index (χ4n) is 9.98. The number of rotatable bonds is 70. The van der Waals surface area contributed by atoms with Gasteiger partial charge in [0.1, 0.15) is 13.2 Å². The predicted octanol–water partition coefficient (Wildman–Crippen LogP) is 25.8. The molecule has 0 radical (unpaired) electrons. The summed E-state index contributed by atoms with van der Waals surface area (Å²) in [5.41, 5.74) is 0. The van der Waals surface area contributed by atoms with Gasteiger partial charge in [0.15, 0.2) is 6.10 Å². The molecular weight excluding hydrogens is 1250 g/mol. The molecule has 0 aromatic carbocycles. The number of aliphatic carboxylic acids is 1. The van der Waals surface area contributed by atoms with Gasteiger partial charge in [-0.1, -0.05) is 328 Å². The smallest absolute Gasteiger partial charge is 0.361 e. The van der Waals surface area contributed by atoms with Crippen molar-refractivity contribution in [2.24, 2.45) is 0 Å². The third-order valence-electron chi connectivity index (χ3n) is 15.9. The maximum atomic E-state index is 13.0. The lowest BCUT2D eigenvalue weighted by molar-refractivity contribution is -0.870. The van der Waals surface area contributed by atoms with E-state index in [2.05, 4.69) is 245 Å². The van der Waals surface area contributed by atoms with Crippen LogP contribution in [0.2, 0.25) is 0 Å². The lowest BCUT2D eigenvalue weighted by atomic mass is 10.0. The number of carboxylic acids is 1. The van der Waals surface area contributed by atoms with Crippen molar-refractivity contribution in [3.05, 3.63) is 231 Å². The summed E-state index contributed by atoms with van der Waals surface area (Å²) in [6.45, 7) is 4.60. The highest BCUT2D eigenvalue weighted by atomic mass is 16.7. The highest BCUT2D eigenvalue weighted by Crippen LogP contribution is 2.16. The summed E-state index contributed by atoms with van der Waals surface area (Å²) in [7, 11) is 5.96. The van der Waals surface area contributed by atoms with Crippen LogP contribution in [-0.4, -0.2) is 87.4 Å². The van der Waals surface area contributed by atoms with Gasteiger partial charge in [0.2, 0.25) is 0 Å². The van der Waals surface area contributed by atoms with Gasteiger partial charge >= 0.3 is 17.9 Å². The molecule has 0 amide bonds. The van der Waals surface area contributed by atoms with E-state index in [1.807, 2.05) is 21.1 Å². The first-order valence-electron chi connectivity index (χ1n) is 39.5. The Labute approximate surface area is 619 Å². The summed E-state index contributed by atoms with van der Waals surface area (Å²) in [5.74, 6) is -2.06. The molecule has 0 rings (SSSR count). The molecule has 0 saturated carbocycles. The van der Waals surface area contributed by atoms with E-state index >= 15 is 0 Å². The van der Waals surface area contributed by atoms with E-state index in [9.17, 15) is 19.5 Å². The lowest BCUT2D eigenvalue weighted by Crippen LogP contribution is -2.40. The second-order valence-corrected chi connectivity index (χ2v) is 26.6. The first-order chi connectivity index (χ1) is 49.6. The summed E-state index contributed by atoms with van der Waals surface area (Å²) in [6, 6.07) is 0. The zero-order valence-corrected chi connectivity index (χ0v) is 64.5. The average Bonchev–Trinajstić information content (AvgIpc) is 1.21. The molecule has 1 N–H and O–H groups in total. The van der Waals surface area contributed by atoms with Gasteiger partial charge in [0.25, 0.3) is 6.29 Å². The van der Waals surface area contributed by atoms with Crippen molar-refractivity contribution < 1.29 is 42.9 Å². The van der Waals surface area contributed by atoms with Crippen molar-refractivity contribution in [3.8, 4) is 0 Å². The molecule has 0 aliphatic heterocycles. The maximum absolute atomic E-state index is 13.0. The van der Waals surface area contributed by atoms with Crippen LogP contribution in [0.25, 0.3) is 0 Å². The number of esters is 2. The number of allylic oxidation sites excluding steroid dienone is 38. The van der Waals surface area contributed by atoms with Gasteiger partial charge in [-0.3, -0.25) is 9.59 Å². The molecule has 0 bridgehead atoms. The van der Waals surface area contributed by atoms with Crippen LogP contribution < -0.4 is 0 Å². The second-order valence-electron chi connectivity index (χ2n) is 26.6. The Hall–Kier alpha value is -6.65. The molecule has 0 aliphatic carbocycles. The van der Waals surface area contributed by atoms with E-state index in [0.717, 1.165) is 180 Å². The molecular formula is C92H144NO8+. The quantitative estimate of drug-likeness (QED) is 0.0211. The fourth-order valence-corrected chi connectivity index (χ4v) is 9.98. The minimum Gasteiger partial charge on any atom is -0.477 e. The number of carboxylic acid groups (broad SMARTS) is 1. The highest BCUT2D eigenvalue weighted by molar-refractivity contribution is 5.71. The van der Waals surface area contributed by atoms with Crippen LogP contribution in [0.4, 0.5) is 0 Å². The minimum atomic E-state index is -1.53. The molecule has 0 aromatic rings. The number of likely N-dealkylation sites (N-methyl/N-ethyl adjacent to an activating group) is 1. The summed E-state index contributed by atoms with van der Waals surface area (Å²) in [5, 5.41) is 9.77. The number of unbranched alkanes of at least 4 members (excludes halogenated alkanes) is 17. The molecule has 101 heavy (non-hydrogen) atoms. The third-order valence-corrected chi connectivity index (χ3v) is 15.9. The Bertz CT molecular complexity index is 2520. The predicted molar refractivity (Wildman–Crippen MR) is 437 cm³/mol. The first kappa shape index (κ1) is 94.4. The van der Waals surface area contributed by atoms with Crippen LogP contribution in [0.15, 0.2) is 231 Å². The molecule has 0 heterocycles. The number of ether oxygens (including phenoxy) is 4. The average molecular weight is 1390 g/mol. The standard InChI is InChI=1S/C92H143NO8/c1-6-8-10-12-14-16-18-20-22-24-26-28-30-32-34-36-38-40-42-44-45-47-49-51-53-55-57-59-61-63-65-67-69-71-73-75-77-79-81-83-90(95)101-88(87-100-92(91(96)97)98-85-84-93(3,4)5)86-99-89(94)82-80-78-76-74-72-70-68-66-64-62-60-58-56-54-52-50-48-46-43-41-39-37-35-33-31-29-27-25-23-21-19-17-15-13-11-9-7-2/h8-11,14-17,20-23,26-29,32-35,38-41,44-46,48-49,51-52,54-55,57,61,63,67,69,88,92H,6-7,12-13,18-19,24-25,30-31,36-37,42-43,47,50,53,56,58-60,62,64-66,68,70-87H2,1-5H3/p+1/b10-8-,11-9-,16-14-,17-15-,22-20-,23-21-,28-26-,29-27-,34-32-,35-33-,40-38-,41-39-,45-44-,48-46-,51-49-,54-52-,57-55-,63-61-,69-67-. The van der Waals surface area contributed by atoms with Crippen molar-refractivity contribution in [2.45, 2.75) is 283 Å². The normalized spacial score (nSPS) is 14.0. The summed E-state index contributed by atoms with van der Waals surface area (Å²) >= 11 is 0. The van der Waals surface area contributed by atoms with Gasteiger partial charge in [-0.05, 0) is 161 Å². The number of quaternary nitrogens is 1. The Kier molecular flexibility index (Phi) is 73.9. The molecule has 0 spiro atoms. The van der Waals surface area contributed by atoms with E-state index in [1.54, 1.807) is 0 Å². The van der Waals surface area contributed by atoms with Crippen LogP contribution in [0.3, 0.4) is 0 Å². The van der Waals surface area contributed by atoms with Crippen molar-refractivity contribution >= 4 is 17.9 Å². The molecule has 0 fully saturated rings. The van der Waals surface area contributed by atoms with Gasteiger partial charge in [0.05, 0.1) is 34.4 Å². The lowest BCUT2D eigenvalue weighted by Gasteiger charge is -2.25. The number of carbonyl (C=O) groups excluding carboxylic acids is 2. The Balaban J connectivity index is 4.20. The van der Waals surface area contributed by atoms with Gasteiger partial charge < -0.3 is 28.5 Å². The molecule has 564 valence electrons. The monoisotopic (exact) mass is 1390 g/mol. The van der Waals surface area contributed by atoms with Gasteiger partial charge in [-0.25, -0.2) is 4.79 Å². The zero-order valence-electron chi connectivity index (χ0n) is 64.5. The van der Waals surface area contributed by atoms with E-state index in [4.69, 9.17) is 18.9 Å². The first-order valence-corrected chi connectivity index (χ1v) is 39.5.